The van der Waals surface area contributed by atoms with Gasteiger partial charge in [0.15, 0.2) is 0 Å². The highest BCUT2D eigenvalue weighted by atomic mass is 19.4. The number of hydrogen-bond acceptors (Lipinski definition) is 3. The zero-order chi connectivity index (χ0) is 14.9. The maximum atomic E-state index is 12.2. The van der Waals surface area contributed by atoms with Crippen molar-refractivity contribution >= 4 is 16.7 Å². The fraction of sp³-hybridized carbons (Fsp3) is 0.167. The van der Waals surface area contributed by atoms with Crippen molar-refractivity contribution in [1.29, 1.82) is 0 Å². The highest BCUT2D eigenvalue weighted by Crippen LogP contribution is 2.16. The lowest BCUT2D eigenvalue weighted by atomic mass is 10.1. The largest absolute Gasteiger partial charge is 0.478 e. The number of fused-ring (bicyclic) bond motifs is 1. The molecule has 2 aromatic rings. The van der Waals surface area contributed by atoms with Crippen LogP contribution in [0.1, 0.15) is 10.4 Å². The molecule has 1 aromatic heterocycles. The molecule has 1 aromatic carbocycles. The van der Waals surface area contributed by atoms with Crippen LogP contribution in [0, 0.1) is 0 Å². The number of alkyl halides is 3. The van der Waals surface area contributed by atoms with Crippen LogP contribution in [0.15, 0.2) is 35.3 Å². The molecule has 0 aliphatic heterocycles. The Labute approximate surface area is 110 Å². The van der Waals surface area contributed by atoms with Gasteiger partial charge in [-0.3, -0.25) is 4.79 Å². The Bertz CT molecular complexity index is 722. The summed E-state index contributed by atoms with van der Waals surface area (Å²) in [6.07, 6.45) is -3.67. The third-order valence-corrected chi connectivity index (χ3v) is 2.60. The number of rotatable bonds is 3. The van der Waals surface area contributed by atoms with Gasteiger partial charge < -0.3 is 10.5 Å². The molecule has 0 amide bonds. The van der Waals surface area contributed by atoms with Gasteiger partial charge >= 0.3 is 12.1 Å². The topological polar surface area (TPSA) is 71.3 Å². The van der Waals surface area contributed by atoms with Gasteiger partial charge in [0, 0.05) is 17.0 Å². The third kappa shape index (κ3) is 2.73. The van der Waals surface area contributed by atoms with Gasteiger partial charge in [0.25, 0.3) is 5.56 Å². The van der Waals surface area contributed by atoms with Gasteiger partial charge in [0.1, 0.15) is 6.54 Å². The van der Waals surface area contributed by atoms with Gasteiger partial charge in [0.2, 0.25) is 0 Å². The number of nitrogens with zero attached hydrogens (tertiary/aromatic N) is 1. The molecule has 8 heteroatoms. The fourth-order valence-corrected chi connectivity index (χ4v) is 1.75. The van der Waals surface area contributed by atoms with Crippen LogP contribution in [0.2, 0.25) is 0 Å². The van der Waals surface area contributed by atoms with E-state index < -0.39 is 24.2 Å². The predicted molar refractivity (Wildman–Crippen MR) is 65.5 cm³/mol. The number of carboxylic acids is 1. The summed E-state index contributed by atoms with van der Waals surface area (Å²) in [6.45, 7) is -1.44. The van der Waals surface area contributed by atoms with Gasteiger partial charge in [-0.2, -0.15) is 13.2 Å². The fourth-order valence-electron chi connectivity index (χ4n) is 1.75. The van der Waals surface area contributed by atoms with E-state index in [0.29, 0.717) is 4.68 Å². The van der Waals surface area contributed by atoms with E-state index in [-0.39, 0.29) is 16.3 Å². The average molecular weight is 286 g/mol. The second-order valence-corrected chi connectivity index (χ2v) is 4.02. The highest BCUT2D eigenvalue weighted by molar-refractivity contribution is 6.02. The van der Waals surface area contributed by atoms with Gasteiger partial charge in [-0.05, 0) is 6.07 Å². The highest BCUT2D eigenvalue weighted by Gasteiger charge is 2.27. The smallest absolute Gasteiger partial charge is 0.407 e. The first-order valence-corrected chi connectivity index (χ1v) is 5.48. The van der Waals surface area contributed by atoms with Crippen molar-refractivity contribution in [2.24, 2.45) is 0 Å². The van der Waals surface area contributed by atoms with E-state index in [9.17, 15) is 22.8 Å². The lowest BCUT2D eigenvalue weighted by Crippen LogP contribution is -2.35. The molecule has 20 heavy (non-hydrogen) atoms. The number of pyridine rings is 1. The first-order valence-electron chi connectivity index (χ1n) is 5.48. The lowest BCUT2D eigenvalue weighted by molar-refractivity contribution is -0.116. The Kier molecular flexibility index (Phi) is 3.39. The standard InChI is InChI=1S/C12H9F3N2O3/c13-12(14,15)6-16-17-5-9(11(19)20)7-3-1-2-4-8(7)10(17)18/h1-5,16H,6H2,(H,19,20). The Morgan fingerprint density at radius 1 is 1.25 bits per heavy atom. The van der Waals surface area contributed by atoms with Crippen molar-refractivity contribution in [3.63, 3.8) is 0 Å². The molecule has 0 bridgehead atoms. The first-order chi connectivity index (χ1) is 9.29. The number of halogens is 3. The minimum absolute atomic E-state index is 0.0297. The van der Waals surface area contributed by atoms with Crippen molar-refractivity contribution in [3.05, 3.63) is 46.4 Å². The zero-order valence-corrected chi connectivity index (χ0v) is 9.94. The predicted octanol–water partition coefficient (Wildman–Crippen LogP) is 1.81. The van der Waals surface area contributed by atoms with Crippen LogP contribution in [0.5, 0.6) is 0 Å². The third-order valence-electron chi connectivity index (χ3n) is 2.60. The van der Waals surface area contributed by atoms with Crippen LogP contribution in [0.25, 0.3) is 10.8 Å². The monoisotopic (exact) mass is 286 g/mol. The van der Waals surface area contributed by atoms with E-state index in [1.807, 2.05) is 5.43 Å². The molecule has 2 N–H and O–H groups in total. The minimum atomic E-state index is -4.52. The summed E-state index contributed by atoms with van der Waals surface area (Å²) in [5.41, 5.74) is 0.861. The van der Waals surface area contributed by atoms with Crippen molar-refractivity contribution in [1.82, 2.24) is 4.68 Å². The summed E-state index contributed by atoms with van der Waals surface area (Å²) < 4.78 is 37.0. The van der Waals surface area contributed by atoms with E-state index in [0.717, 1.165) is 6.20 Å². The van der Waals surface area contributed by atoms with Crippen LogP contribution in [-0.4, -0.2) is 28.5 Å². The summed E-state index contributed by atoms with van der Waals surface area (Å²) in [6, 6.07) is 5.83. The van der Waals surface area contributed by atoms with E-state index in [1.54, 1.807) is 6.07 Å². The van der Waals surface area contributed by atoms with Gasteiger partial charge in [-0.25, -0.2) is 9.47 Å². The molecule has 0 aliphatic carbocycles. The molecular formula is C12H9F3N2O3. The van der Waals surface area contributed by atoms with E-state index >= 15 is 0 Å². The van der Waals surface area contributed by atoms with Crippen LogP contribution in [-0.2, 0) is 0 Å². The molecule has 2 rings (SSSR count). The molecule has 0 aliphatic rings. The molecule has 0 radical (unpaired) electrons. The number of carbonyl (C=O) groups is 1. The van der Waals surface area contributed by atoms with Crippen molar-refractivity contribution in [2.45, 2.75) is 6.18 Å². The molecule has 0 unspecified atom stereocenters. The van der Waals surface area contributed by atoms with Crippen molar-refractivity contribution in [3.8, 4) is 0 Å². The molecule has 1 heterocycles. The minimum Gasteiger partial charge on any atom is -0.478 e. The van der Waals surface area contributed by atoms with E-state index in [4.69, 9.17) is 5.11 Å². The van der Waals surface area contributed by atoms with Crippen LogP contribution >= 0.6 is 0 Å². The van der Waals surface area contributed by atoms with Crippen LogP contribution < -0.4 is 11.0 Å². The van der Waals surface area contributed by atoms with Crippen molar-refractivity contribution < 1.29 is 23.1 Å². The summed E-state index contributed by atoms with van der Waals surface area (Å²) >= 11 is 0. The quantitative estimate of drug-likeness (QED) is 0.902. The Morgan fingerprint density at radius 3 is 2.40 bits per heavy atom. The normalized spacial score (nSPS) is 11.6. The van der Waals surface area contributed by atoms with Gasteiger partial charge in [0.05, 0.1) is 5.56 Å². The number of aromatic carboxylic acids is 1. The maximum absolute atomic E-state index is 12.2. The molecule has 0 atom stereocenters. The SMILES string of the molecule is O=C(O)c1cn(NCC(F)(F)F)c(=O)c2ccccc12. The van der Waals surface area contributed by atoms with Crippen LogP contribution in [0.3, 0.4) is 0 Å². The summed E-state index contributed by atoms with van der Waals surface area (Å²) in [5.74, 6) is -1.33. The Hall–Kier alpha value is -2.51. The number of aromatic nitrogens is 1. The van der Waals surface area contributed by atoms with Gasteiger partial charge in [-0.15, -0.1) is 0 Å². The second kappa shape index (κ2) is 4.87. The van der Waals surface area contributed by atoms with Gasteiger partial charge in [-0.1, -0.05) is 18.2 Å². The number of nitrogens with one attached hydrogen (secondary N) is 1. The molecule has 0 spiro atoms. The first kappa shape index (κ1) is 13.9. The number of benzene rings is 1. The maximum Gasteiger partial charge on any atom is 0.407 e. The molecule has 0 saturated carbocycles. The number of hydrogen-bond donors (Lipinski definition) is 2. The Morgan fingerprint density at radius 2 is 1.85 bits per heavy atom. The molecule has 0 fully saturated rings. The summed E-state index contributed by atoms with van der Waals surface area (Å²) in [7, 11) is 0. The Balaban J connectivity index is 2.59. The summed E-state index contributed by atoms with van der Waals surface area (Å²) in [4.78, 5) is 23.1. The average Bonchev–Trinajstić information content (AvgIpc) is 2.37. The molecule has 0 saturated heterocycles. The lowest BCUT2D eigenvalue weighted by Gasteiger charge is -2.13. The second-order valence-electron chi connectivity index (χ2n) is 4.02. The van der Waals surface area contributed by atoms with Crippen LogP contribution in [0.4, 0.5) is 13.2 Å². The molecule has 106 valence electrons. The number of carboxylic acid groups (broad SMARTS) is 1. The molecule has 5 nitrogen and oxygen atoms in total. The van der Waals surface area contributed by atoms with E-state index in [2.05, 4.69) is 0 Å². The zero-order valence-electron chi connectivity index (χ0n) is 9.94. The van der Waals surface area contributed by atoms with Crippen molar-refractivity contribution in [2.75, 3.05) is 12.0 Å². The van der Waals surface area contributed by atoms with E-state index in [1.165, 1.54) is 18.2 Å². The molecular weight excluding hydrogens is 277 g/mol. The summed E-state index contributed by atoms with van der Waals surface area (Å²) in [5, 5.41) is 9.27.